The quantitative estimate of drug-likeness (QED) is 0.896. The number of hydrogen-bond acceptors (Lipinski definition) is 3. The average molecular weight is 290 g/mol. The highest BCUT2D eigenvalue weighted by molar-refractivity contribution is 5.94. The minimum absolute atomic E-state index is 0.237. The Balaban J connectivity index is 2.07. The van der Waals surface area contributed by atoms with E-state index in [1.165, 1.54) is 6.20 Å². The zero-order chi connectivity index (χ0) is 15.2. The van der Waals surface area contributed by atoms with Crippen LogP contribution in [0.25, 0.3) is 0 Å². The van der Waals surface area contributed by atoms with Crippen molar-refractivity contribution in [2.45, 2.75) is 51.5 Å². The molecular formula is C16H22N2O3. The summed E-state index contributed by atoms with van der Waals surface area (Å²) in [7, 11) is 0. The molecule has 21 heavy (non-hydrogen) atoms. The molecule has 1 heterocycles. The number of carbonyl (C=O) groups excluding carboxylic acids is 1. The van der Waals surface area contributed by atoms with Crippen LogP contribution < -0.4 is 5.32 Å². The fourth-order valence-corrected chi connectivity index (χ4v) is 2.81. The predicted molar refractivity (Wildman–Crippen MR) is 79.1 cm³/mol. The van der Waals surface area contributed by atoms with Crippen LogP contribution in [0.2, 0.25) is 0 Å². The molecule has 0 radical (unpaired) electrons. The van der Waals surface area contributed by atoms with Crippen LogP contribution in [0.3, 0.4) is 0 Å². The van der Waals surface area contributed by atoms with Crippen molar-refractivity contribution in [1.82, 2.24) is 10.3 Å². The standard InChI is InChI=1S/C16H22N2O3/c1-11-8-9-12(10-17-11)15(19)18-14-7-5-3-2-4-6-13(14)16(20)21/h8-10,13-14H,2-7H2,1H3,(H,18,19)(H,20,21). The molecule has 2 rings (SSSR count). The van der Waals surface area contributed by atoms with Crippen molar-refractivity contribution in [1.29, 1.82) is 0 Å². The Morgan fingerprint density at radius 2 is 1.90 bits per heavy atom. The van der Waals surface area contributed by atoms with Gasteiger partial charge in [-0.05, 0) is 31.9 Å². The zero-order valence-corrected chi connectivity index (χ0v) is 12.3. The number of hydrogen-bond donors (Lipinski definition) is 2. The van der Waals surface area contributed by atoms with E-state index in [9.17, 15) is 14.7 Å². The summed E-state index contributed by atoms with van der Waals surface area (Å²) in [6, 6.07) is 3.20. The second kappa shape index (κ2) is 7.20. The molecule has 114 valence electrons. The van der Waals surface area contributed by atoms with Gasteiger partial charge < -0.3 is 10.4 Å². The summed E-state index contributed by atoms with van der Waals surface area (Å²) < 4.78 is 0. The molecule has 5 heteroatoms. The molecule has 2 atom stereocenters. The molecule has 1 aliphatic carbocycles. The largest absolute Gasteiger partial charge is 0.481 e. The van der Waals surface area contributed by atoms with E-state index in [-0.39, 0.29) is 11.9 Å². The maximum absolute atomic E-state index is 12.2. The normalized spacial score (nSPS) is 22.9. The minimum atomic E-state index is -0.816. The van der Waals surface area contributed by atoms with E-state index in [1.807, 2.05) is 6.92 Å². The lowest BCUT2D eigenvalue weighted by atomic mass is 9.86. The number of nitrogens with zero attached hydrogens (tertiary/aromatic N) is 1. The molecule has 1 amide bonds. The smallest absolute Gasteiger partial charge is 0.308 e. The highest BCUT2D eigenvalue weighted by Gasteiger charge is 2.30. The van der Waals surface area contributed by atoms with Crippen molar-refractivity contribution in [3.63, 3.8) is 0 Å². The van der Waals surface area contributed by atoms with Crippen molar-refractivity contribution in [2.75, 3.05) is 0 Å². The second-order valence-corrected chi connectivity index (χ2v) is 5.70. The molecule has 1 aliphatic rings. The molecule has 1 aromatic heterocycles. The number of aliphatic carboxylic acids is 1. The first-order valence-corrected chi connectivity index (χ1v) is 7.54. The monoisotopic (exact) mass is 290 g/mol. The molecule has 5 nitrogen and oxygen atoms in total. The molecule has 1 aromatic rings. The first-order chi connectivity index (χ1) is 10.1. The lowest BCUT2D eigenvalue weighted by Crippen LogP contribution is -2.44. The number of amides is 1. The van der Waals surface area contributed by atoms with Gasteiger partial charge in [-0.25, -0.2) is 0 Å². The van der Waals surface area contributed by atoms with Crippen molar-refractivity contribution in [3.8, 4) is 0 Å². The third-order valence-corrected chi connectivity index (χ3v) is 4.07. The highest BCUT2D eigenvalue weighted by Crippen LogP contribution is 2.23. The van der Waals surface area contributed by atoms with Crippen LogP contribution in [0, 0.1) is 12.8 Å². The van der Waals surface area contributed by atoms with E-state index >= 15 is 0 Å². The minimum Gasteiger partial charge on any atom is -0.481 e. The van der Waals surface area contributed by atoms with Crippen molar-refractivity contribution in [2.24, 2.45) is 5.92 Å². The number of carboxylic acids is 1. The summed E-state index contributed by atoms with van der Waals surface area (Å²) in [5, 5.41) is 12.3. The van der Waals surface area contributed by atoms with Gasteiger partial charge in [0.25, 0.3) is 5.91 Å². The molecule has 1 fully saturated rings. The number of nitrogens with one attached hydrogen (secondary N) is 1. The van der Waals surface area contributed by atoms with Crippen molar-refractivity contribution < 1.29 is 14.7 Å². The molecule has 0 aliphatic heterocycles. The van der Waals surface area contributed by atoms with Gasteiger partial charge in [-0.2, -0.15) is 0 Å². The summed E-state index contributed by atoms with van der Waals surface area (Å²) in [5.41, 5.74) is 1.33. The summed E-state index contributed by atoms with van der Waals surface area (Å²) in [6.45, 7) is 1.86. The Morgan fingerprint density at radius 3 is 2.52 bits per heavy atom. The van der Waals surface area contributed by atoms with Gasteiger partial charge >= 0.3 is 5.97 Å². The average Bonchev–Trinajstić information content (AvgIpc) is 2.42. The third kappa shape index (κ3) is 4.28. The molecule has 0 bridgehead atoms. The molecule has 2 unspecified atom stereocenters. The molecule has 0 aromatic carbocycles. The Morgan fingerprint density at radius 1 is 1.19 bits per heavy atom. The lowest BCUT2D eigenvalue weighted by Gasteiger charge is -2.27. The van der Waals surface area contributed by atoms with Crippen LogP contribution in [0.5, 0.6) is 0 Å². The van der Waals surface area contributed by atoms with Crippen LogP contribution in [0.15, 0.2) is 18.3 Å². The van der Waals surface area contributed by atoms with Gasteiger partial charge in [0.1, 0.15) is 0 Å². The number of rotatable bonds is 3. The van der Waals surface area contributed by atoms with E-state index < -0.39 is 11.9 Å². The Kier molecular flexibility index (Phi) is 5.31. The van der Waals surface area contributed by atoms with E-state index in [4.69, 9.17) is 0 Å². The third-order valence-electron chi connectivity index (χ3n) is 4.07. The molecule has 0 saturated heterocycles. The predicted octanol–water partition coefficient (Wildman–Crippen LogP) is 2.54. The summed E-state index contributed by atoms with van der Waals surface area (Å²) in [5.74, 6) is -1.55. The SMILES string of the molecule is Cc1ccc(C(=O)NC2CCCCCCC2C(=O)O)cn1. The number of carbonyl (C=O) groups is 2. The van der Waals surface area contributed by atoms with Crippen molar-refractivity contribution >= 4 is 11.9 Å². The van der Waals surface area contributed by atoms with Crippen LogP contribution in [0.1, 0.15) is 54.6 Å². The van der Waals surface area contributed by atoms with Crippen LogP contribution in [-0.2, 0) is 4.79 Å². The molecule has 1 saturated carbocycles. The molecule has 0 spiro atoms. The van der Waals surface area contributed by atoms with Gasteiger partial charge in [0.15, 0.2) is 0 Å². The van der Waals surface area contributed by atoms with Gasteiger partial charge in [-0.3, -0.25) is 14.6 Å². The van der Waals surface area contributed by atoms with Gasteiger partial charge in [0.2, 0.25) is 0 Å². The van der Waals surface area contributed by atoms with E-state index in [0.717, 1.165) is 37.8 Å². The number of pyridine rings is 1. The number of carboxylic acid groups (broad SMARTS) is 1. The Labute approximate surface area is 124 Å². The maximum Gasteiger partial charge on any atom is 0.308 e. The van der Waals surface area contributed by atoms with Crippen LogP contribution in [-0.4, -0.2) is 28.0 Å². The van der Waals surface area contributed by atoms with Crippen LogP contribution in [0.4, 0.5) is 0 Å². The highest BCUT2D eigenvalue weighted by atomic mass is 16.4. The fraction of sp³-hybridized carbons (Fsp3) is 0.562. The zero-order valence-electron chi connectivity index (χ0n) is 12.3. The molecule has 2 N–H and O–H groups in total. The number of aromatic nitrogens is 1. The lowest BCUT2D eigenvalue weighted by molar-refractivity contribution is -0.143. The second-order valence-electron chi connectivity index (χ2n) is 5.70. The van der Waals surface area contributed by atoms with E-state index in [0.29, 0.717) is 12.0 Å². The van der Waals surface area contributed by atoms with Gasteiger partial charge in [0, 0.05) is 17.9 Å². The number of aryl methyl sites for hydroxylation is 1. The first kappa shape index (κ1) is 15.5. The van der Waals surface area contributed by atoms with Gasteiger partial charge in [-0.15, -0.1) is 0 Å². The first-order valence-electron chi connectivity index (χ1n) is 7.54. The Hall–Kier alpha value is -1.91. The van der Waals surface area contributed by atoms with Gasteiger partial charge in [-0.1, -0.05) is 25.7 Å². The van der Waals surface area contributed by atoms with E-state index in [1.54, 1.807) is 12.1 Å². The fourth-order valence-electron chi connectivity index (χ4n) is 2.81. The van der Waals surface area contributed by atoms with Crippen molar-refractivity contribution in [3.05, 3.63) is 29.6 Å². The Bertz CT molecular complexity index is 499. The van der Waals surface area contributed by atoms with Gasteiger partial charge in [0.05, 0.1) is 11.5 Å². The summed E-state index contributed by atoms with van der Waals surface area (Å²) >= 11 is 0. The molecular weight excluding hydrogens is 268 g/mol. The van der Waals surface area contributed by atoms with E-state index in [2.05, 4.69) is 10.3 Å². The maximum atomic E-state index is 12.2. The summed E-state index contributed by atoms with van der Waals surface area (Å²) in [4.78, 5) is 27.8. The van der Waals surface area contributed by atoms with Crippen LogP contribution >= 0.6 is 0 Å². The summed E-state index contributed by atoms with van der Waals surface area (Å²) in [6.07, 6.45) is 6.94. The topological polar surface area (TPSA) is 79.3 Å².